The third-order valence-electron chi connectivity index (χ3n) is 2.18. The second-order valence-electron chi connectivity index (χ2n) is 3.13. The minimum Gasteiger partial charge on any atom is -0.399 e. The van der Waals surface area contributed by atoms with Crippen molar-refractivity contribution in [2.24, 2.45) is 5.73 Å². The normalized spacial score (nSPS) is 21.9. The van der Waals surface area contributed by atoms with Gasteiger partial charge in [-0.3, -0.25) is 0 Å². The van der Waals surface area contributed by atoms with Crippen molar-refractivity contribution >= 4 is 5.69 Å². The Kier molecular flexibility index (Phi) is 1.75. The van der Waals surface area contributed by atoms with Gasteiger partial charge in [-0.25, -0.2) is 5.32 Å². The molecule has 1 unspecified atom stereocenters. The number of anilines is 1. The average molecular weight is 162 g/mol. The summed E-state index contributed by atoms with van der Waals surface area (Å²) in [6.07, 6.45) is 0. The minimum atomic E-state index is 0.0391. The lowest BCUT2D eigenvalue weighted by atomic mass is 9.97. The standard InChI is InChI=1S/C9H12N3/c10-7-2-1-6-4-12-5-9(11)8(6)3-7/h1-3,9H,4-5,10-11H2. The second-order valence-corrected chi connectivity index (χ2v) is 3.13. The molecular formula is C9H12N3. The van der Waals surface area contributed by atoms with E-state index in [2.05, 4.69) is 5.32 Å². The molecule has 3 nitrogen and oxygen atoms in total. The Labute approximate surface area is 71.8 Å². The highest BCUT2D eigenvalue weighted by Crippen LogP contribution is 2.22. The molecule has 0 spiro atoms. The zero-order valence-corrected chi connectivity index (χ0v) is 6.83. The van der Waals surface area contributed by atoms with Gasteiger partial charge in [0.15, 0.2) is 0 Å². The molecule has 1 radical (unpaired) electrons. The van der Waals surface area contributed by atoms with Crippen LogP contribution in [0.25, 0.3) is 0 Å². The molecule has 2 rings (SSSR count). The maximum Gasteiger partial charge on any atom is 0.0442 e. The molecule has 1 aromatic carbocycles. The summed E-state index contributed by atoms with van der Waals surface area (Å²) in [5.41, 5.74) is 14.7. The third kappa shape index (κ3) is 1.17. The van der Waals surface area contributed by atoms with Gasteiger partial charge in [0.2, 0.25) is 0 Å². The highest BCUT2D eigenvalue weighted by molar-refractivity contribution is 5.46. The molecule has 0 fully saturated rings. The van der Waals surface area contributed by atoms with Gasteiger partial charge >= 0.3 is 0 Å². The molecule has 0 saturated carbocycles. The fourth-order valence-electron chi connectivity index (χ4n) is 1.53. The van der Waals surface area contributed by atoms with Crippen LogP contribution in [0.15, 0.2) is 18.2 Å². The molecular weight excluding hydrogens is 150 g/mol. The Balaban J connectivity index is 2.47. The molecule has 12 heavy (non-hydrogen) atoms. The third-order valence-corrected chi connectivity index (χ3v) is 2.18. The van der Waals surface area contributed by atoms with Crippen molar-refractivity contribution in [2.45, 2.75) is 12.6 Å². The van der Waals surface area contributed by atoms with Crippen molar-refractivity contribution in [3.05, 3.63) is 29.3 Å². The number of nitrogen functional groups attached to an aromatic ring is 1. The number of nitrogens with zero attached hydrogens (tertiary/aromatic N) is 1. The van der Waals surface area contributed by atoms with Crippen LogP contribution in [0, 0.1) is 0 Å². The van der Waals surface area contributed by atoms with Gasteiger partial charge in [0, 0.05) is 24.8 Å². The predicted molar refractivity (Wildman–Crippen MR) is 48.5 cm³/mol. The largest absolute Gasteiger partial charge is 0.399 e. The summed E-state index contributed by atoms with van der Waals surface area (Å²) in [6.45, 7) is 1.50. The summed E-state index contributed by atoms with van der Waals surface area (Å²) < 4.78 is 0. The van der Waals surface area contributed by atoms with Crippen LogP contribution in [0.2, 0.25) is 0 Å². The number of nitrogens with two attached hydrogens (primary N) is 2. The van der Waals surface area contributed by atoms with Crippen molar-refractivity contribution in [3.8, 4) is 0 Å². The Hall–Kier alpha value is -1.06. The SMILES string of the molecule is Nc1ccc2c(c1)C(N)C[N]C2. The van der Waals surface area contributed by atoms with E-state index < -0.39 is 0 Å². The minimum absolute atomic E-state index is 0.0391. The van der Waals surface area contributed by atoms with E-state index in [0.29, 0.717) is 0 Å². The number of benzene rings is 1. The average Bonchev–Trinajstić information content (AvgIpc) is 2.07. The molecule has 1 atom stereocenters. The maximum atomic E-state index is 5.87. The lowest BCUT2D eigenvalue weighted by Crippen LogP contribution is -2.28. The first-order chi connectivity index (χ1) is 5.77. The molecule has 0 bridgehead atoms. The summed E-state index contributed by atoms with van der Waals surface area (Å²) in [6, 6.07) is 5.89. The molecule has 1 aliphatic rings. The monoisotopic (exact) mass is 162 g/mol. The van der Waals surface area contributed by atoms with Crippen LogP contribution in [0.3, 0.4) is 0 Å². The van der Waals surface area contributed by atoms with Crippen LogP contribution in [-0.4, -0.2) is 6.54 Å². The first-order valence-corrected chi connectivity index (χ1v) is 4.04. The molecule has 0 aliphatic carbocycles. The van der Waals surface area contributed by atoms with Gasteiger partial charge < -0.3 is 11.5 Å². The summed E-state index contributed by atoms with van der Waals surface area (Å²) in [5.74, 6) is 0. The van der Waals surface area contributed by atoms with Crippen LogP contribution >= 0.6 is 0 Å². The Bertz CT molecular complexity index is 296. The van der Waals surface area contributed by atoms with E-state index in [1.54, 1.807) is 0 Å². The predicted octanol–water partition coefficient (Wildman–Crippen LogP) is 0.387. The Morgan fingerprint density at radius 2 is 2.25 bits per heavy atom. The van der Waals surface area contributed by atoms with Gasteiger partial charge in [-0.1, -0.05) is 6.07 Å². The van der Waals surface area contributed by atoms with Gasteiger partial charge in [-0.05, 0) is 23.3 Å². The molecule has 0 aromatic heterocycles. The Morgan fingerprint density at radius 1 is 1.42 bits per heavy atom. The van der Waals surface area contributed by atoms with E-state index in [-0.39, 0.29) is 6.04 Å². The highest BCUT2D eigenvalue weighted by Gasteiger charge is 2.16. The second kappa shape index (κ2) is 2.77. The van der Waals surface area contributed by atoms with E-state index in [9.17, 15) is 0 Å². The summed E-state index contributed by atoms with van der Waals surface area (Å²) in [7, 11) is 0. The van der Waals surface area contributed by atoms with Crippen molar-refractivity contribution in [3.63, 3.8) is 0 Å². The van der Waals surface area contributed by atoms with Gasteiger partial charge in [-0.15, -0.1) is 0 Å². The van der Waals surface area contributed by atoms with E-state index in [0.717, 1.165) is 24.3 Å². The number of hydrogen-bond donors (Lipinski definition) is 2. The molecule has 1 heterocycles. The maximum absolute atomic E-state index is 5.87. The van der Waals surface area contributed by atoms with Crippen LogP contribution < -0.4 is 16.8 Å². The Morgan fingerprint density at radius 3 is 3.08 bits per heavy atom. The molecule has 3 heteroatoms. The topological polar surface area (TPSA) is 66.1 Å². The summed E-state index contributed by atoms with van der Waals surface area (Å²) >= 11 is 0. The van der Waals surface area contributed by atoms with Crippen molar-refractivity contribution < 1.29 is 0 Å². The van der Waals surface area contributed by atoms with Gasteiger partial charge in [0.1, 0.15) is 0 Å². The number of hydrogen-bond acceptors (Lipinski definition) is 2. The van der Waals surface area contributed by atoms with Crippen LogP contribution in [0.4, 0.5) is 5.69 Å². The van der Waals surface area contributed by atoms with Gasteiger partial charge in [0.25, 0.3) is 0 Å². The molecule has 1 aromatic rings. The van der Waals surface area contributed by atoms with Crippen molar-refractivity contribution in [1.29, 1.82) is 0 Å². The van der Waals surface area contributed by atoms with E-state index >= 15 is 0 Å². The molecule has 63 valence electrons. The van der Waals surface area contributed by atoms with Gasteiger partial charge in [0.05, 0.1) is 0 Å². The van der Waals surface area contributed by atoms with Crippen LogP contribution in [0.1, 0.15) is 17.2 Å². The molecule has 0 saturated heterocycles. The van der Waals surface area contributed by atoms with Crippen molar-refractivity contribution in [1.82, 2.24) is 5.32 Å². The first-order valence-electron chi connectivity index (χ1n) is 4.04. The number of rotatable bonds is 0. The zero-order chi connectivity index (χ0) is 8.55. The van der Waals surface area contributed by atoms with E-state index in [1.807, 2.05) is 18.2 Å². The first kappa shape index (κ1) is 7.58. The highest BCUT2D eigenvalue weighted by atomic mass is 14.9. The van der Waals surface area contributed by atoms with Gasteiger partial charge in [-0.2, -0.15) is 0 Å². The summed E-state index contributed by atoms with van der Waals surface area (Å²) in [5, 5.41) is 4.26. The van der Waals surface area contributed by atoms with Crippen molar-refractivity contribution in [2.75, 3.05) is 12.3 Å². The van der Waals surface area contributed by atoms with Crippen LogP contribution in [-0.2, 0) is 6.54 Å². The fourth-order valence-corrected chi connectivity index (χ4v) is 1.53. The van der Waals surface area contributed by atoms with Crippen LogP contribution in [0.5, 0.6) is 0 Å². The molecule has 1 aliphatic heterocycles. The molecule has 0 amide bonds. The lowest BCUT2D eigenvalue weighted by Gasteiger charge is -2.22. The summed E-state index contributed by atoms with van der Waals surface area (Å²) in [4.78, 5) is 0. The fraction of sp³-hybridized carbons (Fsp3) is 0.333. The molecule has 4 N–H and O–H groups in total. The lowest BCUT2D eigenvalue weighted by molar-refractivity contribution is 0.545. The smallest absolute Gasteiger partial charge is 0.0442 e. The quantitative estimate of drug-likeness (QED) is 0.542. The van der Waals surface area contributed by atoms with E-state index in [4.69, 9.17) is 11.5 Å². The number of fused-ring (bicyclic) bond motifs is 1. The van der Waals surface area contributed by atoms with E-state index in [1.165, 1.54) is 5.56 Å². The zero-order valence-electron chi connectivity index (χ0n) is 6.83.